The Kier molecular flexibility index (Phi) is 6.84. The number of esters is 1. The molecule has 2 aromatic rings. The van der Waals surface area contributed by atoms with Gasteiger partial charge >= 0.3 is 12.0 Å². The minimum absolute atomic E-state index is 0.231. The van der Waals surface area contributed by atoms with Gasteiger partial charge in [-0.15, -0.1) is 0 Å². The Morgan fingerprint density at radius 1 is 1.17 bits per heavy atom. The third-order valence-corrected chi connectivity index (χ3v) is 5.00. The summed E-state index contributed by atoms with van der Waals surface area (Å²) in [5.41, 5.74) is 2.29. The van der Waals surface area contributed by atoms with Gasteiger partial charge in [-0.05, 0) is 37.6 Å². The van der Waals surface area contributed by atoms with Crippen LogP contribution in [0.3, 0.4) is 0 Å². The van der Waals surface area contributed by atoms with Crippen LogP contribution >= 0.6 is 11.6 Å². The van der Waals surface area contributed by atoms with E-state index in [1.54, 1.807) is 38.1 Å². The van der Waals surface area contributed by atoms with E-state index in [4.69, 9.17) is 25.8 Å². The third-order valence-electron chi connectivity index (χ3n) is 4.63. The predicted molar refractivity (Wildman–Crippen MR) is 113 cm³/mol. The zero-order chi connectivity index (χ0) is 21.7. The van der Waals surface area contributed by atoms with Gasteiger partial charge in [-0.2, -0.15) is 0 Å². The lowest BCUT2D eigenvalue weighted by atomic mass is 9.95. The average molecular weight is 431 g/mol. The fourth-order valence-electron chi connectivity index (χ4n) is 3.18. The summed E-state index contributed by atoms with van der Waals surface area (Å²) in [4.78, 5) is 24.5. The highest BCUT2D eigenvalue weighted by Crippen LogP contribution is 2.35. The molecular weight excluding hydrogens is 408 g/mol. The van der Waals surface area contributed by atoms with Crippen molar-refractivity contribution < 1.29 is 23.8 Å². The van der Waals surface area contributed by atoms with Crippen molar-refractivity contribution in [2.24, 2.45) is 0 Å². The highest BCUT2D eigenvalue weighted by Gasteiger charge is 2.32. The molecule has 0 aliphatic carbocycles. The maximum absolute atomic E-state index is 12.5. The van der Waals surface area contributed by atoms with E-state index in [1.165, 1.54) is 7.11 Å². The maximum Gasteiger partial charge on any atom is 0.338 e. The molecule has 1 heterocycles. The number of ether oxygens (including phenoxy) is 3. The molecule has 0 saturated heterocycles. The maximum atomic E-state index is 12.5. The minimum atomic E-state index is -0.677. The number of halogens is 1. The Morgan fingerprint density at radius 2 is 1.93 bits per heavy atom. The first-order valence-corrected chi connectivity index (χ1v) is 9.82. The summed E-state index contributed by atoms with van der Waals surface area (Å²) in [7, 11) is 1.52. The van der Waals surface area contributed by atoms with Crippen molar-refractivity contribution in [1.29, 1.82) is 0 Å². The zero-order valence-corrected chi connectivity index (χ0v) is 17.7. The molecule has 30 heavy (non-hydrogen) atoms. The number of carbonyl (C=O) groups is 2. The molecule has 2 amide bonds. The van der Waals surface area contributed by atoms with E-state index < -0.39 is 18.0 Å². The van der Waals surface area contributed by atoms with Crippen molar-refractivity contribution >= 4 is 23.6 Å². The molecule has 1 atom stereocenters. The fourth-order valence-corrected chi connectivity index (χ4v) is 3.37. The quantitative estimate of drug-likeness (QED) is 0.645. The highest BCUT2D eigenvalue weighted by molar-refractivity contribution is 6.31. The molecule has 0 aromatic heterocycles. The molecule has 0 fully saturated rings. The van der Waals surface area contributed by atoms with Crippen LogP contribution in [0.1, 0.15) is 31.0 Å². The summed E-state index contributed by atoms with van der Waals surface area (Å²) in [6.45, 7) is 3.89. The molecule has 0 radical (unpaired) electrons. The van der Waals surface area contributed by atoms with E-state index in [9.17, 15) is 9.59 Å². The molecule has 0 saturated carbocycles. The van der Waals surface area contributed by atoms with Crippen molar-refractivity contribution in [2.75, 3.05) is 13.7 Å². The van der Waals surface area contributed by atoms with E-state index >= 15 is 0 Å². The van der Waals surface area contributed by atoms with Gasteiger partial charge in [0.2, 0.25) is 0 Å². The Balaban J connectivity index is 1.89. The van der Waals surface area contributed by atoms with Gasteiger partial charge in [-0.3, -0.25) is 0 Å². The number of hydrogen-bond acceptors (Lipinski definition) is 5. The van der Waals surface area contributed by atoms with E-state index in [2.05, 4.69) is 10.6 Å². The third kappa shape index (κ3) is 4.68. The van der Waals surface area contributed by atoms with Gasteiger partial charge in [0, 0.05) is 16.3 Å². The van der Waals surface area contributed by atoms with Crippen LogP contribution in [0.15, 0.2) is 53.7 Å². The summed E-state index contributed by atoms with van der Waals surface area (Å²) in [6, 6.07) is 11.6. The highest BCUT2D eigenvalue weighted by atomic mass is 35.5. The summed E-state index contributed by atoms with van der Waals surface area (Å²) in [5.74, 6) is 0.485. The Morgan fingerprint density at radius 3 is 2.63 bits per heavy atom. The van der Waals surface area contributed by atoms with Crippen molar-refractivity contribution in [3.63, 3.8) is 0 Å². The molecule has 1 aliphatic rings. The summed E-state index contributed by atoms with van der Waals surface area (Å²) < 4.78 is 16.5. The van der Waals surface area contributed by atoms with Crippen molar-refractivity contribution in [1.82, 2.24) is 10.6 Å². The molecule has 0 unspecified atom stereocenters. The average Bonchev–Trinajstić information content (AvgIpc) is 2.72. The Hall–Kier alpha value is -3.19. The molecule has 3 rings (SSSR count). The van der Waals surface area contributed by atoms with E-state index in [0.717, 1.165) is 5.56 Å². The summed E-state index contributed by atoms with van der Waals surface area (Å²) >= 11 is 6.18. The molecule has 2 aromatic carbocycles. The van der Waals surface area contributed by atoms with E-state index in [-0.39, 0.29) is 13.2 Å². The SMILES string of the molecule is CCOC(=O)C1=C(C)NC(=O)N[C@H]1c1ccc(OCc2ccccc2Cl)c(OC)c1. The molecule has 1 aliphatic heterocycles. The molecule has 8 heteroatoms. The van der Waals surface area contributed by atoms with Gasteiger partial charge in [0.25, 0.3) is 0 Å². The van der Waals surface area contributed by atoms with Crippen LogP contribution in [0.2, 0.25) is 5.02 Å². The predicted octanol–water partition coefficient (Wildman–Crippen LogP) is 4.12. The number of carbonyl (C=O) groups excluding carboxylic acids is 2. The first kappa shape index (κ1) is 21.5. The second-order valence-electron chi connectivity index (χ2n) is 6.58. The number of benzene rings is 2. The molecule has 7 nitrogen and oxygen atoms in total. The van der Waals surface area contributed by atoms with Crippen molar-refractivity contribution in [2.45, 2.75) is 26.5 Å². The van der Waals surface area contributed by atoms with Gasteiger partial charge in [-0.25, -0.2) is 9.59 Å². The molecule has 0 spiro atoms. The zero-order valence-electron chi connectivity index (χ0n) is 17.0. The van der Waals surface area contributed by atoms with Crippen molar-refractivity contribution in [3.05, 3.63) is 69.9 Å². The first-order chi connectivity index (χ1) is 14.4. The van der Waals surface area contributed by atoms with Crippen LogP contribution in [0.25, 0.3) is 0 Å². The van der Waals surface area contributed by atoms with Gasteiger partial charge in [0.1, 0.15) is 6.61 Å². The lowest BCUT2D eigenvalue weighted by Crippen LogP contribution is -2.45. The Bertz CT molecular complexity index is 989. The van der Waals surface area contributed by atoms with Crippen LogP contribution in [0.5, 0.6) is 11.5 Å². The molecule has 158 valence electrons. The number of hydrogen-bond donors (Lipinski definition) is 2. The van der Waals surface area contributed by atoms with Crippen molar-refractivity contribution in [3.8, 4) is 11.5 Å². The van der Waals surface area contributed by atoms with E-state index in [1.807, 2.05) is 18.2 Å². The van der Waals surface area contributed by atoms with Crippen LogP contribution < -0.4 is 20.1 Å². The molecule has 2 N–H and O–H groups in total. The number of amides is 2. The monoisotopic (exact) mass is 430 g/mol. The normalized spacial score (nSPS) is 15.9. The number of urea groups is 1. The van der Waals surface area contributed by atoms with Gasteiger partial charge in [0.05, 0.1) is 25.3 Å². The molecular formula is C22H23ClN2O5. The van der Waals surface area contributed by atoms with Gasteiger partial charge < -0.3 is 24.8 Å². The second kappa shape index (κ2) is 9.54. The van der Waals surface area contributed by atoms with Gasteiger partial charge in [-0.1, -0.05) is 35.9 Å². The fraction of sp³-hybridized carbons (Fsp3) is 0.273. The molecule has 0 bridgehead atoms. The summed E-state index contributed by atoms with van der Waals surface area (Å²) in [6.07, 6.45) is 0. The summed E-state index contributed by atoms with van der Waals surface area (Å²) in [5, 5.41) is 5.99. The topological polar surface area (TPSA) is 85.9 Å². The van der Waals surface area contributed by atoms with E-state index in [0.29, 0.717) is 33.4 Å². The largest absolute Gasteiger partial charge is 0.493 e. The minimum Gasteiger partial charge on any atom is -0.493 e. The van der Waals surface area contributed by atoms with Crippen LogP contribution in [-0.2, 0) is 16.1 Å². The Labute approximate surface area is 180 Å². The van der Waals surface area contributed by atoms with Crippen LogP contribution in [0.4, 0.5) is 4.79 Å². The van der Waals surface area contributed by atoms with Gasteiger partial charge in [0.15, 0.2) is 11.5 Å². The number of methoxy groups -OCH3 is 1. The number of nitrogens with one attached hydrogen (secondary N) is 2. The standard InChI is InChI=1S/C22H23ClN2O5/c1-4-29-21(26)19-13(2)24-22(27)25-20(19)14-9-10-17(18(11-14)28-3)30-12-15-7-5-6-8-16(15)23/h5-11,20H,4,12H2,1-3H3,(H2,24,25,27)/t20-/m0/s1. The lowest BCUT2D eigenvalue weighted by Gasteiger charge is -2.28. The first-order valence-electron chi connectivity index (χ1n) is 9.44. The number of allylic oxidation sites excluding steroid dienone is 1. The van der Waals surface area contributed by atoms with Crippen LogP contribution in [0, 0.1) is 0 Å². The van der Waals surface area contributed by atoms with Crippen LogP contribution in [-0.4, -0.2) is 25.7 Å². The second-order valence-corrected chi connectivity index (χ2v) is 6.99. The number of rotatable bonds is 7. The lowest BCUT2D eigenvalue weighted by molar-refractivity contribution is -0.139. The smallest absolute Gasteiger partial charge is 0.338 e.